The Morgan fingerprint density at radius 1 is 1.04 bits per heavy atom. The Bertz CT molecular complexity index is 1170. The van der Waals surface area contributed by atoms with Crippen LogP contribution in [0.2, 0.25) is 0 Å². The molecule has 0 fully saturated rings. The third kappa shape index (κ3) is 4.10. The molecule has 1 aromatic carbocycles. The van der Waals surface area contributed by atoms with Gasteiger partial charge in [0.25, 0.3) is 0 Å². The van der Waals surface area contributed by atoms with Crippen molar-refractivity contribution >= 4 is 15.7 Å². The molecular weight excluding hydrogens is 362 g/mol. The van der Waals surface area contributed by atoms with Gasteiger partial charge in [0.05, 0.1) is 35.0 Å². The van der Waals surface area contributed by atoms with Gasteiger partial charge in [-0.1, -0.05) is 12.1 Å². The molecule has 0 saturated carbocycles. The normalized spacial score (nSPS) is 11.0. The van der Waals surface area contributed by atoms with Crippen LogP contribution < -0.4 is 4.72 Å². The predicted molar refractivity (Wildman–Crippen MR) is 103 cm³/mol. The predicted octanol–water partition coefficient (Wildman–Crippen LogP) is 3.07. The standard InChI is InChI=1S/C19H17N5O2S/c1-12-17(24-27(3,25)26)8-16(10-21-12)18-13(2)22-11-23-19(18)15-6-4-5-14(7-15)9-20/h4-8,10-11,24H,1-3H3. The number of rotatable bonds is 4. The summed E-state index contributed by atoms with van der Waals surface area (Å²) in [6.07, 6.45) is 4.21. The number of benzene rings is 1. The molecule has 0 saturated heterocycles. The van der Waals surface area contributed by atoms with E-state index in [1.54, 1.807) is 37.4 Å². The van der Waals surface area contributed by atoms with Gasteiger partial charge in [0.1, 0.15) is 6.33 Å². The first kappa shape index (κ1) is 18.5. The molecule has 0 unspecified atom stereocenters. The van der Waals surface area contributed by atoms with Gasteiger partial charge in [-0.05, 0) is 32.0 Å². The molecule has 0 bridgehead atoms. The number of sulfonamides is 1. The fourth-order valence-electron chi connectivity index (χ4n) is 2.75. The Hall–Kier alpha value is -3.31. The van der Waals surface area contributed by atoms with Crippen LogP contribution in [0.5, 0.6) is 0 Å². The fourth-order valence-corrected chi connectivity index (χ4v) is 3.35. The van der Waals surface area contributed by atoms with Crippen LogP contribution in [0.15, 0.2) is 42.9 Å². The highest BCUT2D eigenvalue weighted by Crippen LogP contribution is 2.34. The minimum Gasteiger partial charge on any atom is -0.282 e. The quantitative estimate of drug-likeness (QED) is 0.746. The first-order chi connectivity index (χ1) is 12.8. The molecule has 7 nitrogen and oxygen atoms in total. The molecule has 2 aromatic heterocycles. The van der Waals surface area contributed by atoms with Crippen LogP contribution in [0.1, 0.15) is 17.0 Å². The van der Waals surface area contributed by atoms with Crippen molar-refractivity contribution in [3.63, 3.8) is 0 Å². The largest absolute Gasteiger partial charge is 0.282 e. The molecule has 3 aromatic rings. The number of aryl methyl sites for hydroxylation is 2. The maximum Gasteiger partial charge on any atom is 0.229 e. The average molecular weight is 379 g/mol. The minimum atomic E-state index is -3.44. The summed E-state index contributed by atoms with van der Waals surface area (Å²) in [6.45, 7) is 3.57. The summed E-state index contributed by atoms with van der Waals surface area (Å²) >= 11 is 0. The third-order valence-corrected chi connectivity index (χ3v) is 4.56. The number of hydrogen-bond donors (Lipinski definition) is 1. The Morgan fingerprint density at radius 2 is 1.81 bits per heavy atom. The number of hydrogen-bond acceptors (Lipinski definition) is 6. The van der Waals surface area contributed by atoms with Crippen molar-refractivity contribution in [2.24, 2.45) is 0 Å². The molecule has 0 aliphatic heterocycles. The fraction of sp³-hybridized carbons (Fsp3) is 0.158. The van der Waals surface area contributed by atoms with Crippen molar-refractivity contribution in [1.82, 2.24) is 15.0 Å². The van der Waals surface area contributed by atoms with Crippen molar-refractivity contribution < 1.29 is 8.42 Å². The number of anilines is 1. The van der Waals surface area contributed by atoms with Gasteiger partial charge in [0.15, 0.2) is 0 Å². The van der Waals surface area contributed by atoms with Crippen LogP contribution >= 0.6 is 0 Å². The maximum atomic E-state index is 11.6. The van der Waals surface area contributed by atoms with Crippen molar-refractivity contribution in [2.75, 3.05) is 11.0 Å². The summed E-state index contributed by atoms with van der Waals surface area (Å²) < 4.78 is 25.7. The van der Waals surface area contributed by atoms with Crippen LogP contribution in [0.25, 0.3) is 22.4 Å². The van der Waals surface area contributed by atoms with E-state index in [1.807, 2.05) is 13.0 Å². The highest BCUT2D eigenvalue weighted by molar-refractivity contribution is 7.92. The van der Waals surface area contributed by atoms with E-state index in [1.165, 1.54) is 6.33 Å². The highest BCUT2D eigenvalue weighted by Gasteiger charge is 2.16. The summed E-state index contributed by atoms with van der Waals surface area (Å²) in [5, 5.41) is 9.17. The molecule has 3 rings (SSSR count). The zero-order valence-electron chi connectivity index (χ0n) is 15.1. The van der Waals surface area contributed by atoms with Crippen molar-refractivity contribution in [2.45, 2.75) is 13.8 Å². The molecule has 2 heterocycles. The van der Waals surface area contributed by atoms with Crippen LogP contribution in [0, 0.1) is 25.2 Å². The summed E-state index contributed by atoms with van der Waals surface area (Å²) in [6, 6.07) is 11.0. The van der Waals surface area contributed by atoms with E-state index in [4.69, 9.17) is 5.26 Å². The lowest BCUT2D eigenvalue weighted by Crippen LogP contribution is -2.11. The van der Waals surface area contributed by atoms with Crippen molar-refractivity contribution in [1.29, 1.82) is 5.26 Å². The molecule has 0 atom stereocenters. The Morgan fingerprint density at radius 3 is 2.52 bits per heavy atom. The molecule has 0 aliphatic rings. The SMILES string of the molecule is Cc1ncc(-c2c(C)ncnc2-c2cccc(C#N)c2)cc1NS(C)(=O)=O. The number of nitrogens with one attached hydrogen (secondary N) is 1. The number of nitriles is 1. The van der Waals surface area contributed by atoms with E-state index in [0.717, 1.165) is 23.1 Å². The first-order valence-electron chi connectivity index (χ1n) is 8.05. The van der Waals surface area contributed by atoms with Crippen LogP contribution in [0.3, 0.4) is 0 Å². The Balaban J connectivity index is 2.21. The van der Waals surface area contributed by atoms with E-state index < -0.39 is 10.0 Å². The molecule has 27 heavy (non-hydrogen) atoms. The lowest BCUT2D eigenvalue weighted by molar-refractivity contribution is 0.606. The summed E-state index contributed by atoms with van der Waals surface area (Å²) in [5.41, 5.74) is 5.04. The van der Waals surface area contributed by atoms with Crippen molar-refractivity contribution in [3.8, 4) is 28.5 Å². The molecule has 8 heteroatoms. The molecule has 136 valence electrons. The lowest BCUT2D eigenvalue weighted by atomic mass is 9.98. The summed E-state index contributed by atoms with van der Waals surface area (Å²) in [7, 11) is -3.44. The third-order valence-electron chi connectivity index (χ3n) is 3.97. The van der Waals surface area contributed by atoms with Gasteiger partial charge in [-0.2, -0.15) is 5.26 Å². The van der Waals surface area contributed by atoms with Gasteiger partial charge in [-0.15, -0.1) is 0 Å². The van der Waals surface area contributed by atoms with E-state index in [9.17, 15) is 8.42 Å². The van der Waals surface area contributed by atoms with E-state index >= 15 is 0 Å². The Labute approximate surface area is 157 Å². The van der Waals surface area contributed by atoms with Crippen LogP contribution in [-0.4, -0.2) is 29.6 Å². The molecule has 1 N–H and O–H groups in total. The van der Waals surface area contributed by atoms with Gasteiger partial charge in [0, 0.05) is 28.6 Å². The van der Waals surface area contributed by atoms with Crippen LogP contribution in [0.4, 0.5) is 5.69 Å². The summed E-state index contributed by atoms with van der Waals surface area (Å²) in [4.78, 5) is 13.0. The van der Waals surface area contributed by atoms with Gasteiger partial charge in [0.2, 0.25) is 10.0 Å². The zero-order chi connectivity index (χ0) is 19.6. The molecular formula is C19H17N5O2S. The molecule has 0 aliphatic carbocycles. The number of pyridine rings is 1. The van der Waals surface area contributed by atoms with E-state index in [-0.39, 0.29) is 0 Å². The first-order valence-corrected chi connectivity index (χ1v) is 9.94. The van der Waals surface area contributed by atoms with Crippen molar-refractivity contribution in [3.05, 3.63) is 59.8 Å². The number of aromatic nitrogens is 3. The Kier molecular flexibility index (Phi) is 4.88. The van der Waals surface area contributed by atoms with Crippen LogP contribution in [-0.2, 0) is 10.0 Å². The zero-order valence-corrected chi connectivity index (χ0v) is 15.9. The molecule has 0 amide bonds. The van der Waals surface area contributed by atoms with Gasteiger partial charge in [-0.25, -0.2) is 18.4 Å². The average Bonchev–Trinajstić information content (AvgIpc) is 2.62. The number of nitrogens with zero attached hydrogens (tertiary/aromatic N) is 4. The summed E-state index contributed by atoms with van der Waals surface area (Å²) in [5.74, 6) is 0. The second kappa shape index (κ2) is 7.13. The second-order valence-electron chi connectivity index (χ2n) is 6.11. The topological polar surface area (TPSA) is 109 Å². The second-order valence-corrected chi connectivity index (χ2v) is 7.85. The lowest BCUT2D eigenvalue weighted by Gasteiger charge is -2.14. The van der Waals surface area contributed by atoms with E-state index in [0.29, 0.717) is 28.2 Å². The minimum absolute atomic E-state index is 0.398. The smallest absolute Gasteiger partial charge is 0.229 e. The van der Waals surface area contributed by atoms with Gasteiger partial charge in [-0.3, -0.25) is 9.71 Å². The van der Waals surface area contributed by atoms with E-state index in [2.05, 4.69) is 25.7 Å². The molecule has 0 spiro atoms. The maximum absolute atomic E-state index is 11.6. The molecule has 0 radical (unpaired) electrons. The van der Waals surface area contributed by atoms with Gasteiger partial charge >= 0.3 is 0 Å². The highest BCUT2D eigenvalue weighted by atomic mass is 32.2. The van der Waals surface area contributed by atoms with Gasteiger partial charge < -0.3 is 0 Å². The monoisotopic (exact) mass is 379 g/mol.